The fourth-order valence-electron chi connectivity index (χ4n) is 1.98. The summed E-state index contributed by atoms with van der Waals surface area (Å²) < 4.78 is 10.0. The van der Waals surface area contributed by atoms with Crippen LogP contribution in [0.1, 0.15) is 35.9 Å². The minimum atomic E-state index is -0.0900. The van der Waals surface area contributed by atoms with Crippen molar-refractivity contribution in [3.05, 3.63) is 23.7 Å². The Hall–Kier alpha value is -1.82. The molecule has 1 N–H and O–H groups in total. The normalized spacial score (nSPS) is 10.4. The average molecular weight is 296 g/mol. The molecule has 0 aliphatic rings. The Balaban J connectivity index is 2.52. The first-order chi connectivity index (χ1) is 10.1. The van der Waals surface area contributed by atoms with E-state index in [9.17, 15) is 9.59 Å². The van der Waals surface area contributed by atoms with Crippen LogP contribution in [-0.4, -0.2) is 50.1 Å². The van der Waals surface area contributed by atoms with Gasteiger partial charge in [-0.15, -0.1) is 0 Å². The van der Waals surface area contributed by atoms with Gasteiger partial charge in [-0.2, -0.15) is 0 Å². The van der Waals surface area contributed by atoms with E-state index in [4.69, 9.17) is 9.15 Å². The molecule has 6 heteroatoms. The van der Waals surface area contributed by atoms with Gasteiger partial charge in [0.25, 0.3) is 5.91 Å². The molecule has 0 unspecified atom stereocenters. The van der Waals surface area contributed by atoms with E-state index in [-0.39, 0.29) is 18.2 Å². The molecule has 0 radical (unpaired) electrons. The average Bonchev–Trinajstić information content (AvgIpc) is 2.89. The molecular weight excluding hydrogens is 272 g/mol. The monoisotopic (exact) mass is 296 g/mol. The third kappa shape index (κ3) is 5.59. The highest BCUT2D eigenvalue weighted by atomic mass is 16.5. The number of hydrogen-bond donors (Lipinski definition) is 1. The number of ether oxygens (including phenoxy) is 1. The minimum absolute atomic E-state index is 0.0788. The van der Waals surface area contributed by atoms with Crippen LogP contribution in [-0.2, 0) is 9.53 Å². The minimum Gasteiger partial charge on any atom is -0.469 e. The van der Waals surface area contributed by atoms with Crippen molar-refractivity contribution < 1.29 is 18.7 Å². The van der Waals surface area contributed by atoms with Crippen molar-refractivity contribution in [3.8, 4) is 0 Å². The molecule has 6 nitrogen and oxygen atoms in total. The van der Waals surface area contributed by atoms with E-state index >= 15 is 0 Å². The molecule has 0 saturated heterocycles. The number of aryl methyl sites for hydroxylation is 1. The predicted molar refractivity (Wildman–Crippen MR) is 79.1 cm³/mol. The zero-order valence-corrected chi connectivity index (χ0v) is 13.0. The molecule has 0 aliphatic heterocycles. The Labute approximate surface area is 125 Å². The molecule has 0 atom stereocenters. The van der Waals surface area contributed by atoms with Gasteiger partial charge in [-0.1, -0.05) is 6.92 Å². The number of nitrogens with zero attached hydrogens (tertiary/aromatic N) is 1. The van der Waals surface area contributed by atoms with Gasteiger partial charge in [0, 0.05) is 33.2 Å². The maximum absolute atomic E-state index is 12.4. The summed E-state index contributed by atoms with van der Waals surface area (Å²) in [6.45, 7) is 5.75. The van der Waals surface area contributed by atoms with Gasteiger partial charge in [0.1, 0.15) is 5.76 Å². The highest BCUT2D eigenvalue weighted by Crippen LogP contribution is 2.12. The third-order valence-electron chi connectivity index (χ3n) is 3.11. The lowest BCUT2D eigenvalue weighted by Crippen LogP contribution is -2.36. The van der Waals surface area contributed by atoms with Gasteiger partial charge in [0.2, 0.25) is 5.91 Å². The summed E-state index contributed by atoms with van der Waals surface area (Å²) in [4.78, 5) is 25.8. The zero-order chi connectivity index (χ0) is 15.7. The Morgan fingerprint density at radius 2 is 2.14 bits per heavy atom. The predicted octanol–water partition coefficient (Wildman–Crippen LogP) is 1.59. The molecule has 1 aromatic rings. The van der Waals surface area contributed by atoms with Gasteiger partial charge < -0.3 is 19.4 Å². The summed E-state index contributed by atoms with van der Waals surface area (Å²) in [7, 11) is 1.58. The van der Waals surface area contributed by atoms with E-state index in [1.807, 2.05) is 6.92 Å². The summed E-state index contributed by atoms with van der Waals surface area (Å²) in [5.41, 5.74) is 0.559. The van der Waals surface area contributed by atoms with Crippen molar-refractivity contribution in [1.29, 1.82) is 0 Å². The van der Waals surface area contributed by atoms with Gasteiger partial charge >= 0.3 is 0 Å². The maximum Gasteiger partial charge on any atom is 0.257 e. The summed E-state index contributed by atoms with van der Waals surface area (Å²) in [6, 6.07) is 1.67. The summed E-state index contributed by atoms with van der Waals surface area (Å²) in [6.07, 6.45) is 2.63. The van der Waals surface area contributed by atoms with E-state index in [2.05, 4.69) is 5.32 Å². The van der Waals surface area contributed by atoms with Gasteiger partial charge in [-0.3, -0.25) is 9.59 Å². The molecule has 0 spiro atoms. The second-order valence-electron chi connectivity index (χ2n) is 4.78. The van der Waals surface area contributed by atoms with Crippen LogP contribution in [0.25, 0.3) is 0 Å². The first-order valence-electron chi connectivity index (χ1n) is 7.19. The summed E-state index contributed by atoms with van der Waals surface area (Å²) in [5, 5.41) is 2.75. The first-order valence-corrected chi connectivity index (χ1v) is 7.19. The van der Waals surface area contributed by atoms with E-state index in [0.717, 1.165) is 6.42 Å². The quantitative estimate of drug-likeness (QED) is 0.702. The van der Waals surface area contributed by atoms with Crippen molar-refractivity contribution in [2.75, 3.05) is 33.4 Å². The van der Waals surface area contributed by atoms with Crippen LogP contribution in [0.4, 0.5) is 0 Å². The van der Waals surface area contributed by atoms with E-state index < -0.39 is 0 Å². The van der Waals surface area contributed by atoms with Crippen LogP contribution >= 0.6 is 0 Å². The van der Waals surface area contributed by atoms with Crippen LogP contribution in [0, 0.1) is 6.92 Å². The van der Waals surface area contributed by atoms with Crippen molar-refractivity contribution in [2.45, 2.75) is 26.7 Å². The fraction of sp³-hybridized carbons (Fsp3) is 0.600. The molecule has 1 heterocycles. The van der Waals surface area contributed by atoms with Crippen molar-refractivity contribution in [2.24, 2.45) is 0 Å². The maximum atomic E-state index is 12.4. The number of furan rings is 1. The van der Waals surface area contributed by atoms with Crippen LogP contribution in [0.5, 0.6) is 0 Å². The van der Waals surface area contributed by atoms with Crippen LogP contribution in [0.2, 0.25) is 0 Å². The van der Waals surface area contributed by atoms with Crippen molar-refractivity contribution >= 4 is 11.8 Å². The van der Waals surface area contributed by atoms with Crippen molar-refractivity contribution in [3.63, 3.8) is 0 Å². The molecule has 0 saturated carbocycles. The van der Waals surface area contributed by atoms with Crippen LogP contribution in [0.3, 0.4) is 0 Å². The fourth-order valence-corrected chi connectivity index (χ4v) is 1.98. The Bertz CT molecular complexity index is 456. The SMILES string of the molecule is CCCN(CCC(=O)NCCOC)C(=O)c1ccoc1C. The smallest absolute Gasteiger partial charge is 0.257 e. The van der Waals surface area contributed by atoms with Gasteiger partial charge in [0.15, 0.2) is 0 Å². The van der Waals surface area contributed by atoms with Gasteiger partial charge in [0.05, 0.1) is 18.4 Å². The number of nitrogens with one attached hydrogen (secondary N) is 1. The zero-order valence-electron chi connectivity index (χ0n) is 13.0. The standard InChI is InChI=1S/C15H24N2O4/c1-4-8-17(9-5-14(18)16-7-11-20-3)15(19)13-6-10-21-12(13)2/h6,10H,4-5,7-9,11H2,1-3H3,(H,16,18). The molecular formula is C15H24N2O4. The molecule has 2 amide bonds. The number of rotatable bonds is 9. The van der Waals surface area contributed by atoms with E-state index in [1.54, 1.807) is 25.0 Å². The molecule has 0 bridgehead atoms. The molecule has 1 aromatic heterocycles. The van der Waals surface area contributed by atoms with Gasteiger partial charge in [-0.05, 0) is 19.4 Å². The second kappa shape index (κ2) is 9.18. The molecule has 1 rings (SSSR count). The lowest BCUT2D eigenvalue weighted by molar-refractivity contribution is -0.121. The number of carbonyl (C=O) groups excluding carboxylic acids is 2. The lowest BCUT2D eigenvalue weighted by Gasteiger charge is -2.21. The Morgan fingerprint density at radius 1 is 1.38 bits per heavy atom. The van der Waals surface area contributed by atoms with Crippen LogP contribution < -0.4 is 5.32 Å². The summed E-state index contributed by atoms with van der Waals surface area (Å²) >= 11 is 0. The molecule has 0 aromatic carbocycles. The molecule has 118 valence electrons. The first kappa shape index (κ1) is 17.2. The molecule has 0 fully saturated rings. The third-order valence-corrected chi connectivity index (χ3v) is 3.11. The lowest BCUT2D eigenvalue weighted by atomic mass is 10.2. The van der Waals surface area contributed by atoms with E-state index in [1.165, 1.54) is 6.26 Å². The molecule has 0 aliphatic carbocycles. The van der Waals surface area contributed by atoms with E-state index in [0.29, 0.717) is 37.6 Å². The second-order valence-corrected chi connectivity index (χ2v) is 4.78. The Morgan fingerprint density at radius 3 is 2.71 bits per heavy atom. The van der Waals surface area contributed by atoms with Crippen molar-refractivity contribution in [1.82, 2.24) is 10.2 Å². The molecule has 21 heavy (non-hydrogen) atoms. The number of carbonyl (C=O) groups is 2. The number of amides is 2. The number of methoxy groups -OCH3 is 1. The summed E-state index contributed by atoms with van der Waals surface area (Å²) in [5.74, 6) is 0.434. The number of hydrogen-bond acceptors (Lipinski definition) is 4. The topological polar surface area (TPSA) is 71.8 Å². The Kier molecular flexibility index (Phi) is 7.53. The van der Waals surface area contributed by atoms with Gasteiger partial charge in [-0.25, -0.2) is 0 Å². The largest absolute Gasteiger partial charge is 0.469 e. The highest BCUT2D eigenvalue weighted by molar-refractivity contribution is 5.95. The highest BCUT2D eigenvalue weighted by Gasteiger charge is 2.19. The van der Waals surface area contributed by atoms with Crippen LogP contribution in [0.15, 0.2) is 16.7 Å².